The first kappa shape index (κ1) is 16.3. The van der Waals surface area contributed by atoms with Crippen LogP contribution in [0.1, 0.15) is 38.2 Å². The van der Waals surface area contributed by atoms with E-state index in [4.69, 9.17) is 0 Å². The van der Waals surface area contributed by atoms with Gasteiger partial charge in [-0.1, -0.05) is 0 Å². The minimum Gasteiger partial charge on any atom is -0.316 e. The fraction of sp³-hybridized carbons (Fsp3) is 0.800. The van der Waals surface area contributed by atoms with Gasteiger partial charge < -0.3 is 5.32 Å². The summed E-state index contributed by atoms with van der Waals surface area (Å²) in [5.41, 5.74) is 1.15. The molecule has 1 fully saturated rings. The number of nitrogens with one attached hydrogen (secondary N) is 1. The summed E-state index contributed by atoms with van der Waals surface area (Å²) in [6.45, 7) is 2.87. The Morgan fingerprint density at radius 3 is 2.48 bits per heavy atom. The average molecular weight is 303 g/mol. The maximum Gasteiger partial charge on any atom is 0.391 e. The van der Waals surface area contributed by atoms with Gasteiger partial charge >= 0.3 is 6.18 Å². The van der Waals surface area contributed by atoms with Crippen LogP contribution in [0.15, 0.2) is 12.4 Å². The molecule has 1 atom stereocenters. The SMILES string of the molecule is CCn1cc(CC(NC)C2CCC(C(F)(F)F)CC2)cn1. The molecular weight excluding hydrogens is 279 g/mol. The first-order valence-corrected chi connectivity index (χ1v) is 7.69. The zero-order chi connectivity index (χ0) is 15.5. The number of halogens is 3. The lowest BCUT2D eigenvalue weighted by molar-refractivity contribution is -0.184. The highest BCUT2D eigenvalue weighted by atomic mass is 19.4. The Bertz CT molecular complexity index is 434. The predicted octanol–water partition coefficient (Wildman–Crippen LogP) is 3.40. The van der Waals surface area contributed by atoms with Crippen LogP contribution in [0.4, 0.5) is 13.2 Å². The van der Waals surface area contributed by atoms with Crippen molar-refractivity contribution in [3.63, 3.8) is 0 Å². The molecule has 3 nitrogen and oxygen atoms in total. The van der Waals surface area contributed by atoms with E-state index < -0.39 is 12.1 Å². The molecule has 1 aromatic heterocycles. The monoisotopic (exact) mass is 303 g/mol. The molecule has 1 N–H and O–H groups in total. The van der Waals surface area contributed by atoms with Crippen LogP contribution in [0.2, 0.25) is 0 Å². The molecule has 0 bridgehead atoms. The maximum absolute atomic E-state index is 12.7. The van der Waals surface area contributed by atoms with E-state index in [0.29, 0.717) is 18.8 Å². The summed E-state index contributed by atoms with van der Waals surface area (Å²) >= 11 is 0. The van der Waals surface area contributed by atoms with Crippen LogP contribution in [0, 0.1) is 11.8 Å². The number of hydrogen-bond donors (Lipinski definition) is 1. The normalized spacial score (nSPS) is 25.0. The van der Waals surface area contributed by atoms with Crippen molar-refractivity contribution >= 4 is 0 Å². The van der Waals surface area contributed by atoms with Gasteiger partial charge in [-0.2, -0.15) is 18.3 Å². The van der Waals surface area contributed by atoms with Gasteiger partial charge in [0.2, 0.25) is 0 Å². The second kappa shape index (κ2) is 6.81. The number of aromatic nitrogens is 2. The molecule has 1 heterocycles. The smallest absolute Gasteiger partial charge is 0.316 e. The van der Waals surface area contributed by atoms with E-state index >= 15 is 0 Å². The van der Waals surface area contributed by atoms with Gasteiger partial charge in [0.25, 0.3) is 0 Å². The molecule has 0 amide bonds. The molecule has 120 valence electrons. The third kappa shape index (κ3) is 4.22. The number of alkyl halides is 3. The summed E-state index contributed by atoms with van der Waals surface area (Å²) < 4.78 is 40.0. The number of nitrogens with zero attached hydrogens (tertiary/aromatic N) is 2. The van der Waals surface area contributed by atoms with Crippen LogP contribution in [-0.4, -0.2) is 29.0 Å². The van der Waals surface area contributed by atoms with Crippen LogP contribution in [0.5, 0.6) is 0 Å². The molecule has 0 aliphatic heterocycles. The number of likely N-dealkylation sites (N-methyl/N-ethyl adjacent to an activating group) is 1. The second-order valence-corrected chi connectivity index (χ2v) is 5.96. The standard InChI is InChI=1S/C15H24F3N3/c1-3-21-10-11(9-20-21)8-14(19-2)12-4-6-13(7-5-12)15(16,17)18/h9-10,12-14,19H,3-8H2,1-2H3. The van der Waals surface area contributed by atoms with E-state index in [1.54, 1.807) is 0 Å². The zero-order valence-electron chi connectivity index (χ0n) is 12.7. The molecule has 0 aromatic carbocycles. The van der Waals surface area contributed by atoms with Gasteiger partial charge in [-0.3, -0.25) is 4.68 Å². The van der Waals surface area contributed by atoms with E-state index in [-0.39, 0.29) is 18.9 Å². The van der Waals surface area contributed by atoms with Gasteiger partial charge in [0, 0.05) is 18.8 Å². The summed E-state index contributed by atoms with van der Waals surface area (Å²) in [6.07, 6.45) is 2.51. The number of rotatable bonds is 5. The molecule has 1 aliphatic rings. The largest absolute Gasteiger partial charge is 0.391 e. The Hall–Kier alpha value is -1.04. The second-order valence-electron chi connectivity index (χ2n) is 5.96. The summed E-state index contributed by atoms with van der Waals surface area (Å²) in [7, 11) is 1.89. The van der Waals surface area contributed by atoms with Gasteiger partial charge in [0.05, 0.1) is 12.1 Å². The average Bonchev–Trinajstić information content (AvgIpc) is 2.92. The molecular formula is C15H24F3N3. The summed E-state index contributed by atoms with van der Waals surface area (Å²) in [5, 5.41) is 7.53. The van der Waals surface area contributed by atoms with E-state index in [9.17, 15) is 13.2 Å². The summed E-state index contributed by atoms with van der Waals surface area (Å²) in [4.78, 5) is 0. The van der Waals surface area contributed by atoms with Crippen molar-refractivity contribution < 1.29 is 13.2 Å². The molecule has 21 heavy (non-hydrogen) atoms. The van der Waals surface area contributed by atoms with E-state index in [1.807, 2.05) is 31.0 Å². The Morgan fingerprint density at radius 2 is 2.00 bits per heavy atom. The van der Waals surface area contributed by atoms with Crippen molar-refractivity contribution in [2.45, 2.75) is 57.8 Å². The van der Waals surface area contributed by atoms with E-state index in [0.717, 1.165) is 18.5 Å². The number of hydrogen-bond acceptors (Lipinski definition) is 2. The van der Waals surface area contributed by atoms with Crippen LogP contribution >= 0.6 is 0 Å². The van der Waals surface area contributed by atoms with Crippen LogP contribution in [0.25, 0.3) is 0 Å². The van der Waals surface area contributed by atoms with Gasteiger partial charge in [0.15, 0.2) is 0 Å². The molecule has 1 unspecified atom stereocenters. The minimum absolute atomic E-state index is 0.230. The molecule has 1 aromatic rings. The van der Waals surface area contributed by atoms with Crippen LogP contribution < -0.4 is 5.32 Å². The summed E-state index contributed by atoms with van der Waals surface area (Å²) in [5.74, 6) is -0.785. The lowest BCUT2D eigenvalue weighted by Gasteiger charge is -2.34. The fourth-order valence-electron chi connectivity index (χ4n) is 3.29. The summed E-state index contributed by atoms with van der Waals surface area (Å²) in [6, 6.07) is 0.230. The van der Waals surface area contributed by atoms with Crippen LogP contribution in [0.3, 0.4) is 0 Å². The lowest BCUT2D eigenvalue weighted by Crippen LogP contribution is -2.39. The molecule has 2 rings (SSSR count). The third-order valence-corrected chi connectivity index (χ3v) is 4.64. The molecule has 1 saturated carbocycles. The topological polar surface area (TPSA) is 29.9 Å². The first-order chi connectivity index (χ1) is 9.94. The Balaban J connectivity index is 1.90. The molecule has 0 radical (unpaired) electrons. The minimum atomic E-state index is -4.03. The van der Waals surface area contributed by atoms with Gasteiger partial charge in [-0.25, -0.2) is 0 Å². The first-order valence-electron chi connectivity index (χ1n) is 7.69. The van der Waals surface area contributed by atoms with Gasteiger partial charge in [-0.05, 0) is 57.6 Å². The van der Waals surface area contributed by atoms with E-state index in [2.05, 4.69) is 10.4 Å². The maximum atomic E-state index is 12.7. The fourth-order valence-corrected chi connectivity index (χ4v) is 3.29. The van der Waals surface area contributed by atoms with E-state index in [1.165, 1.54) is 0 Å². The number of aryl methyl sites for hydroxylation is 1. The Kier molecular flexibility index (Phi) is 5.30. The lowest BCUT2D eigenvalue weighted by atomic mass is 9.77. The highest BCUT2D eigenvalue weighted by molar-refractivity contribution is 5.07. The highest BCUT2D eigenvalue weighted by Crippen LogP contribution is 2.40. The van der Waals surface area contributed by atoms with Crippen molar-refractivity contribution in [1.29, 1.82) is 0 Å². The van der Waals surface area contributed by atoms with Crippen molar-refractivity contribution in [1.82, 2.24) is 15.1 Å². The zero-order valence-corrected chi connectivity index (χ0v) is 12.7. The van der Waals surface area contributed by atoms with Crippen molar-refractivity contribution in [2.24, 2.45) is 11.8 Å². The third-order valence-electron chi connectivity index (χ3n) is 4.64. The molecule has 0 saturated heterocycles. The Morgan fingerprint density at radius 1 is 1.33 bits per heavy atom. The highest BCUT2D eigenvalue weighted by Gasteiger charge is 2.42. The van der Waals surface area contributed by atoms with Crippen molar-refractivity contribution in [2.75, 3.05) is 7.05 Å². The van der Waals surface area contributed by atoms with Crippen molar-refractivity contribution in [3.8, 4) is 0 Å². The quantitative estimate of drug-likeness (QED) is 0.903. The molecule has 1 aliphatic carbocycles. The van der Waals surface area contributed by atoms with Gasteiger partial charge in [-0.15, -0.1) is 0 Å². The molecule has 0 spiro atoms. The Labute approximate surface area is 123 Å². The molecule has 6 heteroatoms. The van der Waals surface area contributed by atoms with Gasteiger partial charge in [0.1, 0.15) is 0 Å². The van der Waals surface area contributed by atoms with Crippen molar-refractivity contribution in [3.05, 3.63) is 18.0 Å². The predicted molar refractivity (Wildman–Crippen MR) is 76.0 cm³/mol. The van der Waals surface area contributed by atoms with Crippen LogP contribution in [-0.2, 0) is 13.0 Å².